The van der Waals surface area contributed by atoms with Gasteiger partial charge in [0.25, 0.3) is 5.91 Å². The van der Waals surface area contributed by atoms with Crippen molar-refractivity contribution in [1.82, 2.24) is 4.90 Å². The van der Waals surface area contributed by atoms with Crippen LogP contribution in [0.2, 0.25) is 0 Å². The number of nitrogens with zero attached hydrogens (tertiary/aromatic N) is 1. The Kier molecular flexibility index (Phi) is 3.64. The van der Waals surface area contributed by atoms with E-state index in [2.05, 4.69) is 0 Å². The molecule has 108 valence electrons. The molecule has 0 radical (unpaired) electrons. The lowest BCUT2D eigenvalue weighted by atomic mass is 9.78. The summed E-state index contributed by atoms with van der Waals surface area (Å²) < 4.78 is 13.1. The largest absolute Gasteiger partial charge is 0.398 e. The highest BCUT2D eigenvalue weighted by Crippen LogP contribution is 2.36. The molecule has 0 aromatic heterocycles. The van der Waals surface area contributed by atoms with E-state index in [1.54, 1.807) is 0 Å². The number of halogens is 1. The van der Waals surface area contributed by atoms with Crippen LogP contribution in [0.4, 0.5) is 10.1 Å². The number of likely N-dealkylation sites (tertiary alicyclic amines) is 1. The van der Waals surface area contributed by atoms with Gasteiger partial charge in [0.05, 0.1) is 5.56 Å². The minimum Gasteiger partial charge on any atom is -0.398 e. The number of anilines is 1. The molecule has 1 saturated heterocycles. The summed E-state index contributed by atoms with van der Waals surface area (Å²) >= 11 is 0. The molecule has 0 spiro atoms. The van der Waals surface area contributed by atoms with Gasteiger partial charge < -0.3 is 10.6 Å². The molecule has 3 rings (SSSR count). The fourth-order valence-electron chi connectivity index (χ4n) is 3.76. The van der Waals surface area contributed by atoms with E-state index in [9.17, 15) is 9.18 Å². The predicted octanol–water partition coefficient (Wildman–Crippen LogP) is 3.20. The topological polar surface area (TPSA) is 46.3 Å². The average molecular weight is 276 g/mol. The van der Waals surface area contributed by atoms with E-state index in [1.807, 2.05) is 4.90 Å². The van der Waals surface area contributed by atoms with Crippen LogP contribution in [0.25, 0.3) is 0 Å². The van der Waals surface area contributed by atoms with Crippen LogP contribution < -0.4 is 5.73 Å². The first kappa shape index (κ1) is 13.4. The Morgan fingerprint density at radius 1 is 1.20 bits per heavy atom. The highest BCUT2D eigenvalue weighted by molar-refractivity contribution is 5.99. The zero-order chi connectivity index (χ0) is 14.1. The molecule has 20 heavy (non-hydrogen) atoms. The van der Waals surface area contributed by atoms with Crippen LogP contribution in [-0.4, -0.2) is 23.4 Å². The molecule has 2 fully saturated rings. The van der Waals surface area contributed by atoms with Crippen molar-refractivity contribution < 1.29 is 9.18 Å². The van der Waals surface area contributed by atoms with Gasteiger partial charge >= 0.3 is 0 Å². The Hall–Kier alpha value is -1.58. The van der Waals surface area contributed by atoms with Gasteiger partial charge in [0.15, 0.2) is 0 Å². The van der Waals surface area contributed by atoms with Gasteiger partial charge in [-0.2, -0.15) is 0 Å². The average Bonchev–Trinajstić information content (AvgIpc) is 2.46. The van der Waals surface area contributed by atoms with Crippen LogP contribution in [0.15, 0.2) is 18.2 Å². The SMILES string of the molecule is Nc1cc(F)ccc1C(=O)N1CCC[C@H]2CCCC[C@H]21. The third kappa shape index (κ3) is 2.39. The van der Waals surface area contributed by atoms with Crippen LogP contribution in [0, 0.1) is 11.7 Å². The monoisotopic (exact) mass is 276 g/mol. The first-order valence-corrected chi connectivity index (χ1v) is 7.53. The van der Waals surface area contributed by atoms with Crippen molar-refractivity contribution in [2.24, 2.45) is 5.92 Å². The molecule has 3 nitrogen and oxygen atoms in total. The molecule has 2 atom stereocenters. The van der Waals surface area contributed by atoms with E-state index >= 15 is 0 Å². The summed E-state index contributed by atoms with van der Waals surface area (Å²) in [6.07, 6.45) is 7.10. The van der Waals surface area contributed by atoms with Crippen LogP contribution in [-0.2, 0) is 0 Å². The van der Waals surface area contributed by atoms with E-state index in [0.717, 1.165) is 19.4 Å². The number of piperidine rings is 1. The van der Waals surface area contributed by atoms with Gasteiger partial charge in [0.1, 0.15) is 5.82 Å². The van der Waals surface area contributed by atoms with Gasteiger partial charge in [-0.1, -0.05) is 12.8 Å². The van der Waals surface area contributed by atoms with E-state index in [1.165, 1.54) is 43.9 Å². The zero-order valence-electron chi connectivity index (χ0n) is 11.6. The van der Waals surface area contributed by atoms with Crippen molar-refractivity contribution in [2.45, 2.75) is 44.6 Å². The summed E-state index contributed by atoms with van der Waals surface area (Å²) in [5, 5.41) is 0. The van der Waals surface area contributed by atoms with E-state index in [4.69, 9.17) is 5.73 Å². The van der Waals surface area contributed by atoms with Crippen LogP contribution in [0.3, 0.4) is 0 Å². The number of carbonyl (C=O) groups excluding carboxylic acids is 1. The van der Waals surface area contributed by atoms with Crippen LogP contribution in [0.5, 0.6) is 0 Å². The molecule has 1 aromatic carbocycles. The second-order valence-corrected chi connectivity index (χ2v) is 5.98. The molecule has 4 heteroatoms. The third-order valence-corrected chi connectivity index (χ3v) is 4.75. The second-order valence-electron chi connectivity index (χ2n) is 5.98. The summed E-state index contributed by atoms with van der Waals surface area (Å²) in [4.78, 5) is 14.7. The minimum atomic E-state index is -0.395. The van der Waals surface area contributed by atoms with Gasteiger partial charge in [-0.25, -0.2) is 4.39 Å². The normalized spacial score (nSPS) is 26.1. The maximum Gasteiger partial charge on any atom is 0.256 e. The van der Waals surface area contributed by atoms with Crippen molar-refractivity contribution in [1.29, 1.82) is 0 Å². The van der Waals surface area contributed by atoms with Gasteiger partial charge in [-0.3, -0.25) is 4.79 Å². The minimum absolute atomic E-state index is 0.0286. The maximum absolute atomic E-state index is 13.1. The molecule has 0 unspecified atom stereocenters. The molecule has 1 heterocycles. The number of carbonyl (C=O) groups is 1. The lowest BCUT2D eigenvalue weighted by molar-refractivity contribution is 0.0391. The van der Waals surface area contributed by atoms with Crippen molar-refractivity contribution in [3.63, 3.8) is 0 Å². The number of hydrogen-bond donors (Lipinski definition) is 1. The number of nitrogen functional groups attached to an aromatic ring is 1. The highest BCUT2D eigenvalue weighted by atomic mass is 19.1. The molecule has 1 saturated carbocycles. The number of hydrogen-bond acceptors (Lipinski definition) is 2. The highest BCUT2D eigenvalue weighted by Gasteiger charge is 2.36. The van der Waals surface area contributed by atoms with Crippen LogP contribution >= 0.6 is 0 Å². The number of amides is 1. The Balaban J connectivity index is 1.85. The molecule has 0 bridgehead atoms. The third-order valence-electron chi connectivity index (χ3n) is 4.75. The van der Waals surface area contributed by atoms with Crippen molar-refractivity contribution >= 4 is 11.6 Å². The number of fused-ring (bicyclic) bond motifs is 1. The zero-order valence-corrected chi connectivity index (χ0v) is 11.6. The molecular formula is C16H21FN2O. The summed E-state index contributed by atoms with van der Waals surface area (Å²) in [7, 11) is 0. The van der Waals surface area contributed by atoms with E-state index < -0.39 is 5.82 Å². The molecule has 1 aliphatic carbocycles. The first-order valence-electron chi connectivity index (χ1n) is 7.53. The van der Waals surface area contributed by atoms with Gasteiger partial charge in [-0.15, -0.1) is 0 Å². The molecule has 1 aromatic rings. The Bertz CT molecular complexity index is 515. The molecule has 2 N–H and O–H groups in total. The van der Waals surface area contributed by atoms with Gasteiger partial charge in [0, 0.05) is 18.3 Å². The summed E-state index contributed by atoms with van der Waals surface area (Å²) in [6, 6.07) is 4.41. The second kappa shape index (κ2) is 5.43. The Labute approximate surface area is 118 Å². The number of rotatable bonds is 1. The fourth-order valence-corrected chi connectivity index (χ4v) is 3.76. The van der Waals surface area contributed by atoms with Crippen molar-refractivity contribution in [2.75, 3.05) is 12.3 Å². The molecule has 1 amide bonds. The van der Waals surface area contributed by atoms with E-state index in [0.29, 0.717) is 17.5 Å². The lowest BCUT2D eigenvalue weighted by Gasteiger charge is -2.44. The summed E-state index contributed by atoms with van der Waals surface area (Å²) in [6.45, 7) is 0.802. The smallest absolute Gasteiger partial charge is 0.256 e. The predicted molar refractivity (Wildman–Crippen MR) is 76.8 cm³/mol. The molecule has 2 aliphatic rings. The van der Waals surface area contributed by atoms with Gasteiger partial charge in [0.2, 0.25) is 0 Å². The maximum atomic E-state index is 13.1. The first-order chi connectivity index (χ1) is 9.66. The Morgan fingerprint density at radius 3 is 2.75 bits per heavy atom. The van der Waals surface area contributed by atoms with E-state index in [-0.39, 0.29) is 11.6 Å². The summed E-state index contributed by atoms with van der Waals surface area (Å²) in [5.74, 6) is 0.218. The number of benzene rings is 1. The fraction of sp³-hybridized carbons (Fsp3) is 0.562. The number of nitrogens with two attached hydrogens (primary N) is 1. The molecule has 1 aliphatic heterocycles. The Morgan fingerprint density at radius 2 is 1.95 bits per heavy atom. The van der Waals surface area contributed by atoms with Crippen molar-refractivity contribution in [3.8, 4) is 0 Å². The standard InChI is InChI=1S/C16H21FN2O/c17-12-7-8-13(14(18)10-12)16(20)19-9-3-5-11-4-1-2-6-15(11)19/h7-8,10-11,15H,1-6,9,18H2/t11-,15-/m1/s1. The lowest BCUT2D eigenvalue weighted by Crippen LogP contribution is -2.49. The quantitative estimate of drug-likeness (QED) is 0.801. The summed E-state index contributed by atoms with van der Waals surface area (Å²) in [5.41, 5.74) is 6.50. The van der Waals surface area contributed by atoms with Crippen molar-refractivity contribution in [3.05, 3.63) is 29.6 Å². The van der Waals surface area contributed by atoms with Gasteiger partial charge in [-0.05, 0) is 49.8 Å². The molecular weight excluding hydrogens is 255 g/mol. The van der Waals surface area contributed by atoms with Crippen LogP contribution in [0.1, 0.15) is 48.9 Å².